The van der Waals surface area contributed by atoms with Crippen LogP contribution in [-0.4, -0.2) is 37.2 Å². The summed E-state index contributed by atoms with van der Waals surface area (Å²) in [6.45, 7) is 6.41. The molecule has 0 fully saturated rings. The van der Waals surface area contributed by atoms with Crippen LogP contribution in [0.2, 0.25) is 0 Å². The Morgan fingerprint density at radius 3 is 1.05 bits per heavy atom. The first kappa shape index (κ1) is 59.3. The second-order valence-corrected chi connectivity index (χ2v) is 16.7. The molecule has 63 heavy (non-hydrogen) atoms. The molecular weight excluding hydrogens is 781 g/mol. The molecule has 0 aromatic carbocycles. The maximum atomic E-state index is 12.8. The van der Waals surface area contributed by atoms with Gasteiger partial charge in [0.15, 0.2) is 6.10 Å². The summed E-state index contributed by atoms with van der Waals surface area (Å²) in [5, 5.41) is 0. The highest BCUT2D eigenvalue weighted by molar-refractivity contribution is 5.71. The molecule has 0 aromatic rings. The monoisotopic (exact) mass is 875 g/mol. The maximum absolute atomic E-state index is 12.8. The number of esters is 3. The third-order valence-corrected chi connectivity index (χ3v) is 10.6. The molecule has 0 rings (SSSR count). The van der Waals surface area contributed by atoms with Crippen LogP contribution in [-0.2, 0) is 28.6 Å². The topological polar surface area (TPSA) is 78.9 Å². The van der Waals surface area contributed by atoms with Gasteiger partial charge in [-0.1, -0.05) is 208 Å². The van der Waals surface area contributed by atoms with E-state index in [1.165, 1.54) is 77.0 Å². The number of unbranched alkanes of at least 4 members (excludes halogenated alkanes) is 18. The smallest absolute Gasteiger partial charge is 0.306 e. The molecule has 0 amide bonds. The Hall–Kier alpha value is -3.67. The van der Waals surface area contributed by atoms with Crippen molar-refractivity contribution in [3.63, 3.8) is 0 Å². The van der Waals surface area contributed by atoms with Crippen molar-refractivity contribution in [1.82, 2.24) is 0 Å². The standard InChI is InChI=1S/C57H94O6/c1-4-7-10-13-16-19-21-23-25-27-28-30-31-33-35-38-41-44-47-50-56(59)62-53-54(52-61-55(58)49-46-43-40-37-18-15-12-9-6-3)63-57(60)51-48-45-42-39-36-34-32-29-26-24-22-20-17-14-11-8-5-2/h8,11,16-17,19-20,23-26,28,30,32,34,39,42,54H,4-7,9-10,12-15,18,21-22,27,29,31,33,35-38,40-41,43-53H2,1-3H3/b11-8-,19-16-,20-17-,25-23-,26-24-,30-28-,34-32-,42-39-/t54-/m1/s1. The first-order valence-electron chi connectivity index (χ1n) is 25.7. The lowest BCUT2D eigenvalue weighted by atomic mass is 10.1. The average molecular weight is 875 g/mol. The molecule has 0 aliphatic carbocycles. The highest BCUT2D eigenvalue weighted by atomic mass is 16.6. The summed E-state index contributed by atoms with van der Waals surface area (Å²) in [6.07, 6.45) is 66.8. The second kappa shape index (κ2) is 51.0. The molecule has 358 valence electrons. The minimum absolute atomic E-state index is 0.104. The summed E-state index contributed by atoms with van der Waals surface area (Å²) in [4.78, 5) is 37.9. The number of hydrogen-bond acceptors (Lipinski definition) is 6. The van der Waals surface area contributed by atoms with Crippen LogP contribution >= 0.6 is 0 Å². The fourth-order valence-corrected chi connectivity index (χ4v) is 6.72. The van der Waals surface area contributed by atoms with Crippen molar-refractivity contribution >= 4 is 17.9 Å². The van der Waals surface area contributed by atoms with Gasteiger partial charge in [0.1, 0.15) is 13.2 Å². The van der Waals surface area contributed by atoms with Crippen LogP contribution < -0.4 is 0 Å². The lowest BCUT2D eigenvalue weighted by Gasteiger charge is -2.18. The maximum Gasteiger partial charge on any atom is 0.306 e. The zero-order chi connectivity index (χ0) is 45.8. The van der Waals surface area contributed by atoms with E-state index in [1.54, 1.807) is 0 Å². The SMILES string of the molecule is CC/C=C\C/C=C\C/C=C\C/C=C\C/C=C\CCCC(=O)O[C@@H](COC(=O)CCCCCCCC/C=C\C/C=C\C/C=C\CCCCC)COC(=O)CCCCCCCCCCC. The number of allylic oxidation sites excluding steroid dienone is 16. The van der Waals surface area contributed by atoms with Crippen molar-refractivity contribution in [3.05, 3.63) is 97.2 Å². The van der Waals surface area contributed by atoms with E-state index >= 15 is 0 Å². The minimum atomic E-state index is -0.811. The summed E-state index contributed by atoms with van der Waals surface area (Å²) < 4.78 is 16.7. The zero-order valence-corrected chi connectivity index (χ0v) is 40.8. The number of carbonyl (C=O) groups excluding carboxylic acids is 3. The second-order valence-electron chi connectivity index (χ2n) is 16.7. The Balaban J connectivity index is 4.45. The van der Waals surface area contributed by atoms with Gasteiger partial charge in [0.05, 0.1) is 0 Å². The van der Waals surface area contributed by atoms with Crippen LogP contribution in [0.25, 0.3) is 0 Å². The van der Waals surface area contributed by atoms with Gasteiger partial charge >= 0.3 is 17.9 Å². The van der Waals surface area contributed by atoms with Crippen molar-refractivity contribution in [2.24, 2.45) is 0 Å². The lowest BCUT2D eigenvalue weighted by Crippen LogP contribution is -2.30. The van der Waals surface area contributed by atoms with Gasteiger partial charge < -0.3 is 14.2 Å². The largest absolute Gasteiger partial charge is 0.462 e. The number of ether oxygens (including phenoxy) is 3. The van der Waals surface area contributed by atoms with E-state index in [4.69, 9.17) is 14.2 Å². The van der Waals surface area contributed by atoms with Crippen molar-refractivity contribution in [3.8, 4) is 0 Å². The highest BCUT2D eigenvalue weighted by Gasteiger charge is 2.19. The van der Waals surface area contributed by atoms with Gasteiger partial charge in [-0.3, -0.25) is 14.4 Å². The molecule has 1 atom stereocenters. The summed E-state index contributed by atoms with van der Waals surface area (Å²) in [5.41, 5.74) is 0. The van der Waals surface area contributed by atoms with Gasteiger partial charge in [-0.2, -0.15) is 0 Å². The molecular formula is C57H94O6. The van der Waals surface area contributed by atoms with Gasteiger partial charge in [-0.05, 0) is 96.3 Å². The number of carbonyl (C=O) groups is 3. The third kappa shape index (κ3) is 49.2. The van der Waals surface area contributed by atoms with Gasteiger partial charge in [0, 0.05) is 19.3 Å². The molecule has 0 aliphatic rings. The molecule has 0 spiro atoms. The van der Waals surface area contributed by atoms with Gasteiger partial charge in [-0.25, -0.2) is 0 Å². The molecule has 0 heterocycles. The van der Waals surface area contributed by atoms with Gasteiger partial charge in [0.2, 0.25) is 0 Å². The Morgan fingerprint density at radius 1 is 0.333 bits per heavy atom. The van der Waals surface area contributed by atoms with Crippen molar-refractivity contribution in [1.29, 1.82) is 0 Å². The molecule has 0 bridgehead atoms. The van der Waals surface area contributed by atoms with E-state index in [9.17, 15) is 14.4 Å². The van der Waals surface area contributed by atoms with E-state index in [-0.39, 0.29) is 37.5 Å². The average Bonchev–Trinajstić information content (AvgIpc) is 3.28. The van der Waals surface area contributed by atoms with E-state index in [1.807, 2.05) is 0 Å². The van der Waals surface area contributed by atoms with Crippen LogP contribution in [0.15, 0.2) is 97.2 Å². The minimum Gasteiger partial charge on any atom is -0.462 e. The Morgan fingerprint density at radius 2 is 0.635 bits per heavy atom. The lowest BCUT2D eigenvalue weighted by molar-refractivity contribution is -0.167. The fraction of sp³-hybridized carbons (Fsp3) is 0.667. The molecule has 0 saturated heterocycles. The molecule has 0 saturated carbocycles. The molecule has 0 unspecified atom stereocenters. The number of hydrogen-bond donors (Lipinski definition) is 0. The quantitative estimate of drug-likeness (QED) is 0.0262. The van der Waals surface area contributed by atoms with Crippen LogP contribution in [0.3, 0.4) is 0 Å². The van der Waals surface area contributed by atoms with E-state index in [0.29, 0.717) is 19.3 Å². The van der Waals surface area contributed by atoms with Crippen molar-refractivity contribution in [2.75, 3.05) is 13.2 Å². The van der Waals surface area contributed by atoms with Gasteiger partial charge in [0.25, 0.3) is 0 Å². The van der Waals surface area contributed by atoms with Crippen LogP contribution in [0.4, 0.5) is 0 Å². The summed E-state index contributed by atoms with van der Waals surface area (Å²) in [6, 6.07) is 0. The van der Waals surface area contributed by atoms with E-state index in [2.05, 4.69) is 118 Å². The van der Waals surface area contributed by atoms with Crippen molar-refractivity contribution < 1.29 is 28.6 Å². The summed E-state index contributed by atoms with van der Waals surface area (Å²) in [7, 11) is 0. The van der Waals surface area contributed by atoms with E-state index in [0.717, 1.165) is 103 Å². The highest BCUT2D eigenvalue weighted by Crippen LogP contribution is 2.13. The Bertz CT molecular complexity index is 1280. The normalized spacial score (nSPS) is 12.9. The third-order valence-electron chi connectivity index (χ3n) is 10.6. The molecule has 0 radical (unpaired) electrons. The van der Waals surface area contributed by atoms with Crippen LogP contribution in [0, 0.1) is 0 Å². The first-order valence-corrected chi connectivity index (χ1v) is 25.7. The van der Waals surface area contributed by atoms with Crippen LogP contribution in [0.1, 0.15) is 226 Å². The van der Waals surface area contributed by atoms with E-state index < -0.39 is 6.10 Å². The number of rotatable bonds is 45. The van der Waals surface area contributed by atoms with Gasteiger partial charge in [-0.15, -0.1) is 0 Å². The molecule has 6 heteroatoms. The molecule has 0 aromatic heterocycles. The summed E-state index contributed by atoms with van der Waals surface area (Å²) in [5.74, 6) is -0.983. The Labute approximate surface area is 387 Å². The predicted molar refractivity (Wildman–Crippen MR) is 270 cm³/mol. The molecule has 6 nitrogen and oxygen atoms in total. The Kier molecular flexibility index (Phi) is 48.0. The summed E-state index contributed by atoms with van der Waals surface area (Å²) >= 11 is 0. The van der Waals surface area contributed by atoms with Crippen LogP contribution in [0.5, 0.6) is 0 Å². The first-order chi connectivity index (χ1) is 31.0. The van der Waals surface area contributed by atoms with Crippen molar-refractivity contribution in [2.45, 2.75) is 232 Å². The molecule has 0 aliphatic heterocycles. The fourth-order valence-electron chi connectivity index (χ4n) is 6.72. The molecule has 0 N–H and O–H groups in total. The zero-order valence-electron chi connectivity index (χ0n) is 40.8. The predicted octanol–water partition coefficient (Wildman–Crippen LogP) is 17.0.